The van der Waals surface area contributed by atoms with Gasteiger partial charge in [0.15, 0.2) is 0 Å². The van der Waals surface area contributed by atoms with Gasteiger partial charge in [-0.3, -0.25) is 0 Å². The van der Waals surface area contributed by atoms with E-state index >= 15 is 0 Å². The van der Waals surface area contributed by atoms with E-state index in [1.165, 1.54) is 44.2 Å². The van der Waals surface area contributed by atoms with Crippen LogP contribution in [0, 0.1) is 11.2 Å². The number of alkyl halides is 1. The van der Waals surface area contributed by atoms with Crippen LogP contribution >= 0.6 is 27.5 Å². The highest BCUT2D eigenvalue weighted by atomic mass is 79.9. The Balaban J connectivity index is 2.17. The lowest BCUT2D eigenvalue weighted by atomic mass is 9.72. The van der Waals surface area contributed by atoms with Crippen LogP contribution in [0.25, 0.3) is 0 Å². The zero-order valence-electron chi connectivity index (χ0n) is 9.82. The van der Waals surface area contributed by atoms with Gasteiger partial charge in [-0.05, 0) is 42.4 Å². The zero-order valence-corrected chi connectivity index (χ0v) is 12.2. The Labute approximate surface area is 116 Å². The van der Waals surface area contributed by atoms with Gasteiger partial charge in [-0.25, -0.2) is 4.39 Å². The number of hydrogen-bond acceptors (Lipinski definition) is 0. The summed E-state index contributed by atoms with van der Waals surface area (Å²) >= 11 is 9.76. The van der Waals surface area contributed by atoms with E-state index in [1.54, 1.807) is 0 Å². The summed E-state index contributed by atoms with van der Waals surface area (Å²) in [5.74, 6) is -0.254. The fourth-order valence-electron chi connectivity index (χ4n) is 2.73. The third kappa shape index (κ3) is 3.23. The summed E-state index contributed by atoms with van der Waals surface area (Å²) in [7, 11) is 0. The molecular formula is C14H17BrClF. The van der Waals surface area contributed by atoms with Crippen molar-refractivity contribution in [2.45, 2.75) is 38.5 Å². The highest BCUT2D eigenvalue weighted by Crippen LogP contribution is 2.41. The van der Waals surface area contributed by atoms with Gasteiger partial charge < -0.3 is 0 Å². The van der Waals surface area contributed by atoms with Gasteiger partial charge in [-0.15, -0.1) is 0 Å². The van der Waals surface area contributed by atoms with E-state index in [2.05, 4.69) is 15.9 Å². The molecule has 2 rings (SSSR count). The predicted octanol–water partition coefficient (Wildman–Crippen LogP) is 5.37. The van der Waals surface area contributed by atoms with Crippen molar-refractivity contribution in [3.8, 4) is 0 Å². The molecule has 1 fully saturated rings. The van der Waals surface area contributed by atoms with E-state index in [9.17, 15) is 4.39 Å². The predicted molar refractivity (Wildman–Crippen MR) is 74.4 cm³/mol. The minimum Gasteiger partial charge on any atom is -0.207 e. The minimum absolute atomic E-state index is 0.254. The van der Waals surface area contributed by atoms with E-state index in [4.69, 9.17) is 11.6 Å². The van der Waals surface area contributed by atoms with Gasteiger partial charge in [0.2, 0.25) is 0 Å². The molecule has 1 saturated carbocycles. The second-order valence-electron chi connectivity index (χ2n) is 5.11. The van der Waals surface area contributed by atoms with Gasteiger partial charge in [0.25, 0.3) is 0 Å². The SMILES string of the molecule is Fc1ccc(CC2(CBr)CCCCC2)c(Cl)c1. The molecule has 0 spiro atoms. The molecule has 0 atom stereocenters. The Bertz CT molecular complexity index is 386. The lowest BCUT2D eigenvalue weighted by Crippen LogP contribution is -2.28. The molecular weight excluding hydrogens is 303 g/mol. The first-order valence-electron chi connectivity index (χ1n) is 6.15. The Morgan fingerprint density at radius 3 is 2.53 bits per heavy atom. The molecule has 94 valence electrons. The average molecular weight is 320 g/mol. The molecule has 1 aromatic carbocycles. The molecule has 0 nitrogen and oxygen atoms in total. The number of hydrogen-bond donors (Lipinski definition) is 0. The number of benzene rings is 1. The first-order chi connectivity index (χ1) is 8.15. The van der Waals surface area contributed by atoms with Crippen molar-refractivity contribution >= 4 is 27.5 Å². The summed E-state index contributed by atoms with van der Waals surface area (Å²) < 4.78 is 13.0. The van der Waals surface area contributed by atoms with Gasteiger partial charge in [0.1, 0.15) is 5.82 Å². The molecule has 0 heterocycles. The third-order valence-electron chi connectivity index (χ3n) is 3.78. The highest BCUT2D eigenvalue weighted by molar-refractivity contribution is 9.09. The number of rotatable bonds is 3. The largest absolute Gasteiger partial charge is 0.207 e. The molecule has 1 aliphatic carbocycles. The first kappa shape index (κ1) is 13.4. The van der Waals surface area contributed by atoms with Gasteiger partial charge in [-0.1, -0.05) is 52.9 Å². The van der Waals surface area contributed by atoms with Crippen LogP contribution < -0.4 is 0 Å². The maximum atomic E-state index is 13.0. The van der Waals surface area contributed by atoms with Crippen molar-refractivity contribution in [1.29, 1.82) is 0 Å². The van der Waals surface area contributed by atoms with Crippen molar-refractivity contribution in [2.75, 3.05) is 5.33 Å². The van der Waals surface area contributed by atoms with Crippen LogP contribution in [0.3, 0.4) is 0 Å². The quantitative estimate of drug-likeness (QED) is 0.657. The monoisotopic (exact) mass is 318 g/mol. The topological polar surface area (TPSA) is 0 Å². The normalized spacial score (nSPS) is 19.2. The molecule has 3 heteroatoms. The van der Waals surface area contributed by atoms with Crippen molar-refractivity contribution in [2.24, 2.45) is 5.41 Å². The molecule has 0 unspecified atom stereocenters. The second kappa shape index (κ2) is 5.71. The smallest absolute Gasteiger partial charge is 0.124 e. The van der Waals surface area contributed by atoms with E-state index in [0.717, 1.165) is 17.3 Å². The average Bonchev–Trinajstić information content (AvgIpc) is 2.34. The molecule has 0 bridgehead atoms. The molecule has 1 aromatic rings. The van der Waals surface area contributed by atoms with Crippen LogP contribution in [0.5, 0.6) is 0 Å². The zero-order chi connectivity index (χ0) is 12.3. The fourth-order valence-corrected chi connectivity index (χ4v) is 3.72. The van der Waals surface area contributed by atoms with Gasteiger partial charge in [-0.2, -0.15) is 0 Å². The molecule has 0 aromatic heterocycles. The first-order valence-corrected chi connectivity index (χ1v) is 7.65. The van der Waals surface area contributed by atoms with E-state index < -0.39 is 0 Å². The van der Waals surface area contributed by atoms with Crippen LogP contribution in [0.4, 0.5) is 4.39 Å². The van der Waals surface area contributed by atoms with Crippen molar-refractivity contribution in [1.82, 2.24) is 0 Å². The van der Waals surface area contributed by atoms with E-state index in [1.807, 2.05) is 6.07 Å². The summed E-state index contributed by atoms with van der Waals surface area (Å²) in [6.45, 7) is 0. The van der Waals surface area contributed by atoms with Crippen molar-refractivity contribution in [3.63, 3.8) is 0 Å². The third-order valence-corrected chi connectivity index (χ3v) is 5.32. The lowest BCUT2D eigenvalue weighted by Gasteiger charge is -2.36. The molecule has 0 aliphatic heterocycles. The summed E-state index contributed by atoms with van der Waals surface area (Å²) in [6.07, 6.45) is 7.37. The highest BCUT2D eigenvalue weighted by Gasteiger charge is 2.31. The summed E-state index contributed by atoms with van der Waals surface area (Å²) in [5, 5.41) is 1.57. The maximum Gasteiger partial charge on any atom is 0.124 e. The summed E-state index contributed by atoms with van der Waals surface area (Å²) in [5.41, 5.74) is 1.40. The van der Waals surface area contributed by atoms with E-state index in [-0.39, 0.29) is 5.82 Å². The van der Waals surface area contributed by atoms with Gasteiger partial charge in [0.05, 0.1) is 0 Å². The number of halogens is 3. The molecule has 17 heavy (non-hydrogen) atoms. The second-order valence-corrected chi connectivity index (χ2v) is 6.07. The Hall–Kier alpha value is -0.0800. The molecule has 0 amide bonds. The van der Waals surface area contributed by atoms with Crippen LogP contribution in [0.15, 0.2) is 18.2 Å². The Morgan fingerprint density at radius 1 is 1.24 bits per heavy atom. The Morgan fingerprint density at radius 2 is 1.94 bits per heavy atom. The Kier molecular flexibility index (Phi) is 4.48. The van der Waals surface area contributed by atoms with E-state index in [0.29, 0.717) is 10.4 Å². The lowest BCUT2D eigenvalue weighted by molar-refractivity contribution is 0.223. The van der Waals surface area contributed by atoms with Crippen LogP contribution in [-0.4, -0.2) is 5.33 Å². The van der Waals surface area contributed by atoms with Crippen LogP contribution in [0.2, 0.25) is 5.02 Å². The molecule has 1 aliphatic rings. The van der Waals surface area contributed by atoms with Crippen LogP contribution in [0.1, 0.15) is 37.7 Å². The molecule has 0 saturated heterocycles. The summed E-state index contributed by atoms with van der Waals surface area (Å²) in [4.78, 5) is 0. The molecule has 0 radical (unpaired) electrons. The van der Waals surface area contributed by atoms with Gasteiger partial charge >= 0.3 is 0 Å². The molecule has 0 N–H and O–H groups in total. The summed E-state index contributed by atoms with van der Waals surface area (Å²) in [6, 6.07) is 4.75. The van der Waals surface area contributed by atoms with Crippen LogP contribution in [-0.2, 0) is 6.42 Å². The standard InChI is InChI=1S/C14H17BrClF/c15-10-14(6-2-1-3-7-14)9-11-4-5-12(17)8-13(11)16/h4-5,8H,1-3,6-7,9-10H2. The van der Waals surface area contributed by atoms with Gasteiger partial charge in [0, 0.05) is 10.4 Å². The van der Waals surface area contributed by atoms with Crippen molar-refractivity contribution < 1.29 is 4.39 Å². The minimum atomic E-state index is -0.254. The fraction of sp³-hybridized carbons (Fsp3) is 0.571. The maximum absolute atomic E-state index is 13.0. The van der Waals surface area contributed by atoms with Crippen molar-refractivity contribution in [3.05, 3.63) is 34.6 Å².